The van der Waals surface area contributed by atoms with Crippen molar-refractivity contribution in [2.24, 2.45) is 0 Å². The molecular formula is C19H17NO7. The highest BCUT2D eigenvalue weighted by Crippen LogP contribution is 2.33. The minimum absolute atomic E-state index is 0.103. The molecule has 0 saturated carbocycles. The maximum Gasteiger partial charge on any atom is 0.371 e. The highest BCUT2D eigenvalue weighted by molar-refractivity contribution is 6.03. The summed E-state index contributed by atoms with van der Waals surface area (Å²) in [6.45, 7) is 3.95. The molecule has 0 unspecified atom stereocenters. The van der Waals surface area contributed by atoms with Crippen LogP contribution in [0.2, 0.25) is 0 Å². The van der Waals surface area contributed by atoms with Crippen molar-refractivity contribution in [1.82, 2.24) is 4.98 Å². The van der Waals surface area contributed by atoms with Crippen molar-refractivity contribution in [3.63, 3.8) is 0 Å². The van der Waals surface area contributed by atoms with Crippen LogP contribution in [0.1, 0.15) is 46.9 Å². The lowest BCUT2D eigenvalue weighted by Gasteiger charge is -2.13. The summed E-state index contributed by atoms with van der Waals surface area (Å²) < 4.78 is 11.0. The average molecular weight is 371 g/mol. The molecule has 2 heterocycles. The topological polar surface area (TPSA) is 127 Å². The molecular weight excluding hydrogens is 354 g/mol. The Kier molecular flexibility index (Phi) is 4.81. The summed E-state index contributed by atoms with van der Waals surface area (Å²) in [6.07, 6.45) is 1.07. The lowest BCUT2D eigenvalue weighted by atomic mass is 10.00. The molecule has 0 radical (unpaired) electrons. The third-order valence-corrected chi connectivity index (χ3v) is 4.08. The van der Waals surface area contributed by atoms with Gasteiger partial charge in [-0.25, -0.2) is 14.6 Å². The van der Waals surface area contributed by atoms with Crippen molar-refractivity contribution in [2.75, 3.05) is 6.61 Å². The van der Waals surface area contributed by atoms with Crippen LogP contribution in [0.3, 0.4) is 0 Å². The van der Waals surface area contributed by atoms with E-state index in [1.807, 2.05) is 6.92 Å². The highest BCUT2D eigenvalue weighted by atomic mass is 16.5. The van der Waals surface area contributed by atoms with Crippen molar-refractivity contribution >= 4 is 33.8 Å². The minimum Gasteiger partial charge on any atom is -0.493 e. The molecule has 0 bridgehead atoms. The van der Waals surface area contributed by atoms with Crippen LogP contribution >= 0.6 is 0 Å². The summed E-state index contributed by atoms with van der Waals surface area (Å²) in [5.74, 6) is -2.77. The number of hydrogen-bond donors (Lipinski definition) is 2. The van der Waals surface area contributed by atoms with Gasteiger partial charge < -0.3 is 19.4 Å². The number of aryl methyl sites for hydroxylation is 1. The highest BCUT2D eigenvalue weighted by Gasteiger charge is 2.21. The molecule has 140 valence electrons. The molecule has 8 nitrogen and oxygen atoms in total. The van der Waals surface area contributed by atoms with E-state index in [1.165, 1.54) is 12.1 Å². The van der Waals surface area contributed by atoms with Crippen molar-refractivity contribution in [2.45, 2.75) is 26.7 Å². The summed E-state index contributed by atoms with van der Waals surface area (Å²) in [4.78, 5) is 39.4. The Morgan fingerprint density at radius 2 is 1.85 bits per heavy atom. The van der Waals surface area contributed by atoms with Gasteiger partial charge in [-0.05, 0) is 19.4 Å². The maximum atomic E-state index is 12.5. The first-order chi connectivity index (χ1) is 12.9. The average Bonchev–Trinajstić information content (AvgIpc) is 2.62. The number of carbonyl (C=O) groups is 2. The number of carboxylic acids is 2. The number of benzene rings is 1. The van der Waals surface area contributed by atoms with Crippen molar-refractivity contribution in [1.29, 1.82) is 0 Å². The first-order valence-corrected chi connectivity index (χ1v) is 8.41. The van der Waals surface area contributed by atoms with Gasteiger partial charge in [-0.3, -0.25) is 4.79 Å². The normalized spacial score (nSPS) is 11.0. The maximum absolute atomic E-state index is 12.5. The van der Waals surface area contributed by atoms with Gasteiger partial charge in [0.1, 0.15) is 11.3 Å². The number of carboxylic acid groups (broad SMARTS) is 2. The van der Waals surface area contributed by atoms with Crippen molar-refractivity contribution in [3.05, 3.63) is 45.4 Å². The van der Waals surface area contributed by atoms with Gasteiger partial charge >= 0.3 is 11.9 Å². The fraction of sp³-hybridized carbons (Fsp3) is 0.263. The predicted octanol–water partition coefficient (Wildman–Crippen LogP) is 3.09. The van der Waals surface area contributed by atoms with Gasteiger partial charge in [0.05, 0.1) is 17.5 Å². The van der Waals surface area contributed by atoms with E-state index in [-0.39, 0.29) is 16.7 Å². The summed E-state index contributed by atoms with van der Waals surface area (Å²) in [5, 5.41) is 19.2. The Bertz CT molecular complexity index is 1130. The van der Waals surface area contributed by atoms with Crippen molar-refractivity contribution in [3.8, 4) is 5.75 Å². The number of hydrogen-bond acceptors (Lipinski definition) is 6. The smallest absolute Gasteiger partial charge is 0.371 e. The molecule has 27 heavy (non-hydrogen) atoms. The van der Waals surface area contributed by atoms with E-state index in [4.69, 9.17) is 9.15 Å². The van der Waals surface area contributed by atoms with E-state index in [9.17, 15) is 24.6 Å². The Balaban J connectivity index is 2.54. The molecule has 0 spiro atoms. The zero-order valence-electron chi connectivity index (χ0n) is 14.7. The van der Waals surface area contributed by atoms with Gasteiger partial charge in [0.25, 0.3) is 0 Å². The lowest BCUT2D eigenvalue weighted by molar-refractivity contribution is 0.0660. The molecule has 0 amide bonds. The Morgan fingerprint density at radius 1 is 1.11 bits per heavy atom. The summed E-state index contributed by atoms with van der Waals surface area (Å²) >= 11 is 0. The van der Waals surface area contributed by atoms with Crippen LogP contribution in [-0.2, 0) is 6.42 Å². The van der Waals surface area contributed by atoms with Crippen molar-refractivity contribution < 1.29 is 29.0 Å². The standard InChI is InChI=1S/C19H17NO7/c1-3-5-9-16-11(14(26-4-2)7-12(20-16)18(22)23)6-10-13(21)8-15(19(24)25)27-17(9)10/h6-8H,3-5H2,1-2H3,(H,22,23)(H,24,25). The second-order valence-corrected chi connectivity index (χ2v) is 5.90. The molecule has 1 aromatic carbocycles. The third kappa shape index (κ3) is 3.21. The molecule has 8 heteroatoms. The van der Waals surface area contributed by atoms with Crippen LogP contribution in [0.25, 0.3) is 21.9 Å². The molecule has 2 aromatic heterocycles. The molecule has 0 aliphatic rings. The molecule has 0 fully saturated rings. The molecule has 3 aromatic rings. The molecule has 0 atom stereocenters. The van der Waals surface area contributed by atoms with Gasteiger partial charge in [-0.1, -0.05) is 13.3 Å². The molecule has 3 rings (SSSR count). The van der Waals surface area contributed by atoms with Crippen LogP contribution in [0.15, 0.2) is 27.4 Å². The van der Waals surface area contributed by atoms with Crippen LogP contribution in [0.4, 0.5) is 0 Å². The first-order valence-electron chi connectivity index (χ1n) is 8.41. The van der Waals surface area contributed by atoms with Gasteiger partial charge in [0.15, 0.2) is 11.1 Å². The largest absolute Gasteiger partial charge is 0.493 e. The van der Waals surface area contributed by atoms with Crippen LogP contribution in [0, 0.1) is 0 Å². The van der Waals surface area contributed by atoms with Gasteiger partial charge in [-0.2, -0.15) is 0 Å². The Labute approximate surface area is 153 Å². The summed E-state index contributed by atoms with van der Waals surface area (Å²) in [5.41, 5.74) is 0.191. The predicted molar refractivity (Wildman–Crippen MR) is 96.9 cm³/mol. The number of fused-ring (bicyclic) bond motifs is 2. The third-order valence-electron chi connectivity index (χ3n) is 4.08. The number of ether oxygens (including phenoxy) is 1. The number of aromatic carboxylic acids is 2. The van der Waals surface area contributed by atoms with Crippen LogP contribution in [-0.4, -0.2) is 33.7 Å². The lowest BCUT2D eigenvalue weighted by Crippen LogP contribution is -2.09. The second-order valence-electron chi connectivity index (χ2n) is 5.90. The van der Waals surface area contributed by atoms with Gasteiger partial charge in [-0.15, -0.1) is 0 Å². The monoisotopic (exact) mass is 371 g/mol. The van der Waals surface area contributed by atoms with Crippen LogP contribution in [0.5, 0.6) is 5.75 Å². The zero-order valence-corrected chi connectivity index (χ0v) is 14.7. The second kappa shape index (κ2) is 7.06. The summed E-state index contributed by atoms with van der Waals surface area (Å²) in [6, 6.07) is 3.74. The minimum atomic E-state index is -1.36. The molecule has 0 aliphatic heterocycles. The molecule has 2 N–H and O–H groups in total. The number of pyridine rings is 1. The van der Waals surface area contributed by atoms with Gasteiger partial charge in [0.2, 0.25) is 5.76 Å². The van der Waals surface area contributed by atoms with Crippen LogP contribution < -0.4 is 10.2 Å². The molecule has 0 saturated heterocycles. The fourth-order valence-electron chi connectivity index (χ4n) is 2.99. The van der Waals surface area contributed by atoms with Gasteiger partial charge in [0, 0.05) is 23.1 Å². The Morgan fingerprint density at radius 3 is 2.44 bits per heavy atom. The van der Waals surface area contributed by atoms with E-state index in [0.29, 0.717) is 41.7 Å². The molecule has 0 aliphatic carbocycles. The number of nitrogens with zero attached hydrogens (tertiary/aromatic N) is 1. The number of aromatic nitrogens is 1. The van der Waals surface area contributed by atoms with E-state index < -0.39 is 23.1 Å². The zero-order chi connectivity index (χ0) is 19.7. The Hall–Kier alpha value is -3.42. The summed E-state index contributed by atoms with van der Waals surface area (Å²) in [7, 11) is 0. The number of rotatable bonds is 6. The fourth-order valence-corrected chi connectivity index (χ4v) is 2.99. The van der Waals surface area contributed by atoms with E-state index in [2.05, 4.69) is 4.98 Å². The van der Waals surface area contributed by atoms with E-state index in [0.717, 1.165) is 6.07 Å². The first kappa shape index (κ1) is 18.4. The van der Waals surface area contributed by atoms with E-state index >= 15 is 0 Å². The van der Waals surface area contributed by atoms with E-state index in [1.54, 1.807) is 6.92 Å². The quantitative estimate of drug-likeness (QED) is 0.633. The SMILES string of the molecule is CCCc1c2nc(C(=O)O)cc(OCC)c2cc2c(=O)cc(C(=O)O)oc12.